The van der Waals surface area contributed by atoms with E-state index >= 15 is 0 Å². The molecule has 0 atom stereocenters. The molecule has 1 amide bonds. The molecule has 2 aromatic rings. The number of hydrogen-bond acceptors (Lipinski definition) is 6. The first kappa shape index (κ1) is 19.3. The lowest BCUT2D eigenvalue weighted by atomic mass is 10.1. The van der Waals surface area contributed by atoms with Crippen molar-refractivity contribution in [1.29, 1.82) is 0 Å². The highest BCUT2D eigenvalue weighted by atomic mass is 32.2. The molecule has 0 saturated carbocycles. The fraction of sp³-hybridized carbons (Fsp3) is 0.300. The fourth-order valence-corrected chi connectivity index (χ4v) is 4.81. The number of amidine groups is 1. The Bertz CT molecular complexity index is 1090. The Morgan fingerprint density at radius 1 is 1.00 bits per heavy atom. The van der Waals surface area contributed by atoms with E-state index < -0.39 is 10.0 Å². The lowest BCUT2D eigenvalue weighted by molar-refractivity contribution is 0.0689. The molecule has 0 aliphatic carbocycles. The number of sulfonamides is 1. The van der Waals surface area contributed by atoms with Crippen LogP contribution >= 0.6 is 0 Å². The summed E-state index contributed by atoms with van der Waals surface area (Å²) >= 11 is 0. The molecule has 2 aliphatic heterocycles. The molecule has 1 saturated heterocycles. The van der Waals surface area contributed by atoms with Crippen molar-refractivity contribution in [3.8, 4) is 11.5 Å². The minimum Gasteiger partial charge on any atom is -0.497 e. The maximum Gasteiger partial charge on any atom is 0.285 e. The van der Waals surface area contributed by atoms with E-state index in [4.69, 9.17) is 9.47 Å². The van der Waals surface area contributed by atoms with E-state index in [0.29, 0.717) is 54.6 Å². The van der Waals surface area contributed by atoms with Gasteiger partial charge in [-0.3, -0.25) is 4.79 Å². The van der Waals surface area contributed by atoms with Crippen LogP contribution in [0.25, 0.3) is 0 Å². The number of rotatable bonds is 3. The van der Waals surface area contributed by atoms with Crippen LogP contribution in [-0.2, 0) is 10.0 Å². The van der Waals surface area contributed by atoms with Crippen molar-refractivity contribution in [2.45, 2.75) is 4.90 Å². The van der Waals surface area contributed by atoms with Crippen LogP contribution in [0.4, 0.5) is 0 Å². The molecule has 2 heterocycles. The van der Waals surface area contributed by atoms with Crippen LogP contribution in [0, 0.1) is 0 Å². The molecule has 2 aromatic carbocycles. The van der Waals surface area contributed by atoms with Crippen LogP contribution in [-0.4, -0.2) is 70.4 Å². The molecule has 29 heavy (non-hydrogen) atoms. The average Bonchev–Trinajstić information content (AvgIpc) is 3.04. The monoisotopic (exact) mass is 415 g/mol. The van der Waals surface area contributed by atoms with Crippen molar-refractivity contribution in [2.75, 3.05) is 40.4 Å². The second kappa shape index (κ2) is 7.40. The van der Waals surface area contributed by atoms with Gasteiger partial charge in [0.2, 0.25) is 0 Å². The fourth-order valence-electron chi connectivity index (χ4n) is 3.58. The summed E-state index contributed by atoms with van der Waals surface area (Å²) < 4.78 is 39.1. The van der Waals surface area contributed by atoms with E-state index in [1.165, 1.54) is 7.11 Å². The number of amides is 1. The minimum absolute atomic E-state index is 0.134. The number of ether oxygens (including phenoxy) is 2. The normalized spacial score (nSPS) is 17.5. The second-order valence-corrected chi connectivity index (χ2v) is 8.30. The van der Waals surface area contributed by atoms with Gasteiger partial charge in [0.05, 0.1) is 19.8 Å². The van der Waals surface area contributed by atoms with Gasteiger partial charge in [-0.2, -0.15) is 8.42 Å². The highest BCUT2D eigenvalue weighted by Gasteiger charge is 2.34. The summed E-state index contributed by atoms with van der Waals surface area (Å²) in [7, 11) is -0.587. The molecule has 0 spiro atoms. The third kappa shape index (κ3) is 3.42. The molecule has 4 rings (SSSR count). The highest BCUT2D eigenvalue weighted by Crippen LogP contribution is 2.29. The Hall–Kier alpha value is -3.07. The third-order valence-corrected chi connectivity index (χ3v) is 6.44. The molecule has 0 radical (unpaired) electrons. The predicted octanol–water partition coefficient (Wildman–Crippen LogP) is 1.61. The Balaban J connectivity index is 1.50. The first-order valence-electron chi connectivity index (χ1n) is 9.15. The molecule has 0 aromatic heterocycles. The van der Waals surface area contributed by atoms with Crippen LogP contribution in [0.2, 0.25) is 0 Å². The van der Waals surface area contributed by atoms with Gasteiger partial charge in [0.1, 0.15) is 16.4 Å². The van der Waals surface area contributed by atoms with E-state index in [0.717, 1.165) is 0 Å². The molecule has 0 N–H and O–H groups in total. The van der Waals surface area contributed by atoms with Gasteiger partial charge in [-0.25, -0.2) is 0 Å². The molecule has 2 aliphatic rings. The molecule has 0 unspecified atom stereocenters. The van der Waals surface area contributed by atoms with E-state index in [9.17, 15) is 13.2 Å². The first-order valence-corrected chi connectivity index (χ1v) is 10.6. The zero-order valence-corrected chi connectivity index (χ0v) is 17.0. The standard InChI is InChI=1S/C20H21N3O5S/c1-27-14-7-8-15(17(13-14)28-2)20(24)23-11-9-22(10-12-23)19-16-5-3-4-6-18(16)29(25,26)21-19/h3-8,13H,9-12H2,1-2H3. The molecule has 8 nitrogen and oxygen atoms in total. The second-order valence-electron chi connectivity index (χ2n) is 6.73. The van der Waals surface area contributed by atoms with Gasteiger partial charge in [-0.15, -0.1) is 4.40 Å². The topological polar surface area (TPSA) is 88.5 Å². The van der Waals surface area contributed by atoms with Gasteiger partial charge in [0.25, 0.3) is 15.9 Å². The van der Waals surface area contributed by atoms with Crippen LogP contribution < -0.4 is 9.47 Å². The highest BCUT2D eigenvalue weighted by molar-refractivity contribution is 7.90. The Labute approximate surface area is 169 Å². The van der Waals surface area contributed by atoms with E-state index in [-0.39, 0.29) is 10.8 Å². The van der Waals surface area contributed by atoms with E-state index in [1.807, 2.05) is 4.90 Å². The molecule has 152 valence electrons. The number of piperazine rings is 1. The Morgan fingerprint density at radius 3 is 2.41 bits per heavy atom. The Morgan fingerprint density at radius 2 is 1.72 bits per heavy atom. The molecular formula is C20H21N3O5S. The third-order valence-electron chi connectivity index (χ3n) is 5.12. The summed E-state index contributed by atoms with van der Waals surface area (Å²) in [6, 6.07) is 11.9. The van der Waals surface area contributed by atoms with Crippen LogP contribution in [0.15, 0.2) is 51.8 Å². The van der Waals surface area contributed by atoms with Gasteiger partial charge < -0.3 is 19.3 Å². The van der Waals surface area contributed by atoms with Crippen LogP contribution in [0.5, 0.6) is 11.5 Å². The van der Waals surface area contributed by atoms with Crippen molar-refractivity contribution in [3.05, 3.63) is 53.6 Å². The van der Waals surface area contributed by atoms with Gasteiger partial charge in [0, 0.05) is 37.8 Å². The zero-order valence-electron chi connectivity index (χ0n) is 16.2. The number of fused-ring (bicyclic) bond motifs is 1. The number of hydrogen-bond donors (Lipinski definition) is 0. The lowest BCUT2D eigenvalue weighted by Crippen LogP contribution is -2.50. The molecule has 9 heteroatoms. The molecule has 0 bridgehead atoms. The van der Waals surface area contributed by atoms with Crippen molar-refractivity contribution >= 4 is 21.8 Å². The Kier molecular flexibility index (Phi) is 4.91. The molecule has 1 fully saturated rings. The summed E-state index contributed by atoms with van der Waals surface area (Å²) in [5, 5.41) is 0. The van der Waals surface area contributed by atoms with Crippen LogP contribution in [0.3, 0.4) is 0 Å². The van der Waals surface area contributed by atoms with Gasteiger partial charge >= 0.3 is 0 Å². The predicted molar refractivity (Wildman–Crippen MR) is 107 cm³/mol. The van der Waals surface area contributed by atoms with Crippen molar-refractivity contribution in [1.82, 2.24) is 9.80 Å². The van der Waals surface area contributed by atoms with Crippen molar-refractivity contribution < 1.29 is 22.7 Å². The number of carbonyl (C=O) groups is 1. The average molecular weight is 415 g/mol. The number of nitrogens with zero attached hydrogens (tertiary/aromatic N) is 3. The smallest absolute Gasteiger partial charge is 0.285 e. The SMILES string of the molecule is COc1ccc(C(=O)N2CCN(C3=NS(=O)(=O)c4ccccc43)CC2)c(OC)c1. The number of carbonyl (C=O) groups excluding carboxylic acids is 1. The number of benzene rings is 2. The largest absolute Gasteiger partial charge is 0.497 e. The minimum atomic E-state index is -3.66. The summed E-state index contributed by atoms with van der Waals surface area (Å²) in [6.07, 6.45) is 0. The summed E-state index contributed by atoms with van der Waals surface area (Å²) in [5.74, 6) is 1.39. The van der Waals surface area contributed by atoms with Gasteiger partial charge in [-0.05, 0) is 24.3 Å². The summed E-state index contributed by atoms with van der Waals surface area (Å²) in [5.41, 5.74) is 1.08. The van der Waals surface area contributed by atoms with Gasteiger partial charge in [-0.1, -0.05) is 12.1 Å². The molecular weight excluding hydrogens is 394 g/mol. The van der Waals surface area contributed by atoms with Crippen molar-refractivity contribution in [3.63, 3.8) is 0 Å². The first-order chi connectivity index (χ1) is 13.9. The quantitative estimate of drug-likeness (QED) is 0.757. The summed E-state index contributed by atoms with van der Waals surface area (Å²) in [4.78, 5) is 16.8. The van der Waals surface area contributed by atoms with E-state index in [1.54, 1.807) is 54.5 Å². The maximum absolute atomic E-state index is 13.0. The lowest BCUT2D eigenvalue weighted by Gasteiger charge is -2.36. The van der Waals surface area contributed by atoms with Crippen molar-refractivity contribution in [2.24, 2.45) is 4.40 Å². The number of methoxy groups -OCH3 is 2. The van der Waals surface area contributed by atoms with Gasteiger partial charge in [0.15, 0.2) is 5.84 Å². The van der Waals surface area contributed by atoms with Crippen LogP contribution in [0.1, 0.15) is 15.9 Å². The maximum atomic E-state index is 13.0. The zero-order chi connectivity index (χ0) is 20.6. The summed E-state index contributed by atoms with van der Waals surface area (Å²) in [6.45, 7) is 1.89. The van der Waals surface area contributed by atoms with E-state index in [2.05, 4.69) is 4.40 Å².